The Bertz CT molecular complexity index is 460. The van der Waals surface area contributed by atoms with Crippen molar-refractivity contribution in [1.82, 2.24) is 0 Å². The Morgan fingerprint density at radius 1 is 1.35 bits per heavy atom. The van der Waals surface area contributed by atoms with Gasteiger partial charge in [-0.25, -0.2) is 0 Å². The van der Waals surface area contributed by atoms with Gasteiger partial charge >= 0.3 is 0 Å². The molecule has 0 aromatic heterocycles. The number of ether oxygens (including phenoxy) is 3. The lowest BCUT2D eigenvalue weighted by Gasteiger charge is -2.30. The lowest BCUT2D eigenvalue weighted by molar-refractivity contribution is -0.384. The van der Waals surface area contributed by atoms with E-state index in [1.54, 1.807) is 13.2 Å². The van der Waals surface area contributed by atoms with E-state index in [-0.39, 0.29) is 5.69 Å². The third-order valence-corrected chi connectivity index (χ3v) is 3.05. The molecule has 1 aliphatic heterocycles. The van der Waals surface area contributed by atoms with Crippen LogP contribution in [0.4, 0.5) is 11.4 Å². The minimum absolute atomic E-state index is 0.0226. The number of morpholine rings is 1. The third-order valence-electron chi connectivity index (χ3n) is 3.05. The molecule has 0 atom stereocenters. The predicted octanol–water partition coefficient (Wildman–Crippen LogP) is 1.46. The molecule has 1 heterocycles. The fraction of sp³-hybridized carbons (Fsp3) is 0.538. The van der Waals surface area contributed by atoms with Crippen LogP contribution in [-0.4, -0.2) is 51.6 Å². The molecule has 0 spiro atoms. The number of nitro groups is 1. The SMILES string of the molecule is COCCOc1cc([N+](=O)[O-])ccc1N1CCOCC1. The van der Waals surface area contributed by atoms with E-state index in [1.165, 1.54) is 12.1 Å². The lowest BCUT2D eigenvalue weighted by atomic mass is 10.2. The number of nitrogens with zero attached hydrogens (tertiary/aromatic N) is 2. The Balaban J connectivity index is 2.21. The number of benzene rings is 1. The Labute approximate surface area is 117 Å². The van der Waals surface area contributed by atoms with Crippen LogP contribution in [0.1, 0.15) is 0 Å². The van der Waals surface area contributed by atoms with E-state index >= 15 is 0 Å². The van der Waals surface area contributed by atoms with Crippen LogP contribution in [0.2, 0.25) is 0 Å². The molecular weight excluding hydrogens is 264 g/mol. The van der Waals surface area contributed by atoms with Crippen LogP contribution in [0.25, 0.3) is 0 Å². The van der Waals surface area contributed by atoms with Gasteiger partial charge in [0.25, 0.3) is 5.69 Å². The maximum atomic E-state index is 10.9. The van der Waals surface area contributed by atoms with Gasteiger partial charge in [-0.05, 0) is 6.07 Å². The average Bonchev–Trinajstić information content (AvgIpc) is 2.48. The summed E-state index contributed by atoms with van der Waals surface area (Å²) in [4.78, 5) is 12.5. The molecule has 0 amide bonds. The molecular formula is C13H18N2O5. The fourth-order valence-electron chi connectivity index (χ4n) is 2.03. The molecule has 1 aliphatic rings. The molecule has 0 N–H and O–H groups in total. The number of hydrogen-bond acceptors (Lipinski definition) is 6. The normalized spacial score (nSPS) is 15.2. The summed E-state index contributed by atoms with van der Waals surface area (Å²) < 4.78 is 15.9. The van der Waals surface area contributed by atoms with Gasteiger partial charge in [0.05, 0.1) is 36.5 Å². The van der Waals surface area contributed by atoms with Crippen molar-refractivity contribution in [2.24, 2.45) is 0 Å². The molecule has 7 nitrogen and oxygen atoms in total. The van der Waals surface area contributed by atoms with E-state index in [0.717, 1.165) is 18.8 Å². The number of non-ortho nitro benzene ring substituents is 1. The molecule has 1 fully saturated rings. The fourth-order valence-corrected chi connectivity index (χ4v) is 2.03. The Morgan fingerprint density at radius 2 is 2.10 bits per heavy atom. The highest BCUT2D eigenvalue weighted by Crippen LogP contribution is 2.32. The number of hydrogen-bond donors (Lipinski definition) is 0. The molecule has 20 heavy (non-hydrogen) atoms. The van der Waals surface area contributed by atoms with E-state index < -0.39 is 4.92 Å². The first-order valence-corrected chi connectivity index (χ1v) is 6.45. The van der Waals surface area contributed by atoms with Gasteiger partial charge in [0.1, 0.15) is 12.4 Å². The molecule has 7 heteroatoms. The van der Waals surface area contributed by atoms with Crippen molar-refractivity contribution in [2.75, 3.05) is 51.5 Å². The monoisotopic (exact) mass is 282 g/mol. The smallest absolute Gasteiger partial charge is 0.273 e. The van der Waals surface area contributed by atoms with Crippen molar-refractivity contribution in [3.05, 3.63) is 28.3 Å². The van der Waals surface area contributed by atoms with E-state index in [0.29, 0.717) is 32.2 Å². The second-order valence-electron chi connectivity index (χ2n) is 4.35. The lowest BCUT2D eigenvalue weighted by Crippen LogP contribution is -2.36. The zero-order chi connectivity index (χ0) is 14.4. The molecule has 0 unspecified atom stereocenters. The Morgan fingerprint density at radius 3 is 2.75 bits per heavy atom. The first kappa shape index (κ1) is 14.5. The molecule has 1 aromatic carbocycles. The second kappa shape index (κ2) is 7.06. The highest BCUT2D eigenvalue weighted by Gasteiger charge is 2.18. The highest BCUT2D eigenvalue weighted by atomic mass is 16.6. The van der Waals surface area contributed by atoms with Gasteiger partial charge in [0, 0.05) is 26.3 Å². The van der Waals surface area contributed by atoms with Gasteiger partial charge in [-0.2, -0.15) is 0 Å². The summed E-state index contributed by atoms with van der Waals surface area (Å²) in [5, 5.41) is 10.9. The first-order valence-electron chi connectivity index (χ1n) is 6.45. The average molecular weight is 282 g/mol. The van der Waals surface area contributed by atoms with Crippen LogP contribution in [0.15, 0.2) is 18.2 Å². The summed E-state index contributed by atoms with van der Waals surface area (Å²) in [7, 11) is 1.58. The van der Waals surface area contributed by atoms with Gasteiger partial charge in [0.15, 0.2) is 0 Å². The standard InChI is InChI=1S/C13H18N2O5/c1-18-8-9-20-13-10-11(15(16)17)2-3-12(13)14-4-6-19-7-5-14/h2-3,10H,4-9H2,1H3. The molecule has 0 saturated carbocycles. The van der Waals surface area contributed by atoms with Crippen LogP contribution in [0.3, 0.4) is 0 Å². The topological polar surface area (TPSA) is 74.1 Å². The summed E-state index contributed by atoms with van der Waals surface area (Å²) in [5.74, 6) is 0.512. The maximum Gasteiger partial charge on any atom is 0.273 e. The molecule has 0 aliphatic carbocycles. The van der Waals surface area contributed by atoms with Gasteiger partial charge in [-0.3, -0.25) is 10.1 Å². The third kappa shape index (κ3) is 3.58. The molecule has 110 valence electrons. The van der Waals surface area contributed by atoms with Crippen molar-refractivity contribution in [1.29, 1.82) is 0 Å². The van der Waals surface area contributed by atoms with Crippen LogP contribution in [0, 0.1) is 10.1 Å². The Hall–Kier alpha value is -1.86. The first-order chi connectivity index (χ1) is 9.72. The van der Waals surface area contributed by atoms with Crippen LogP contribution >= 0.6 is 0 Å². The second-order valence-corrected chi connectivity index (χ2v) is 4.35. The Kier molecular flexibility index (Phi) is 5.14. The minimum Gasteiger partial charge on any atom is -0.489 e. The van der Waals surface area contributed by atoms with Crippen LogP contribution in [-0.2, 0) is 9.47 Å². The van der Waals surface area contributed by atoms with Gasteiger partial charge < -0.3 is 19.1 Å². The molecule has 0 bridgehead atoms. The molecule has 1 saturated heterocycles. The van der Waals surface area contributed by atoms with Crippen LogP contribution < -0.4 is 9.64 Å². The van der Waals surface area contributed by atoms with Crippen molar-refractivity contribution in [2.45, 2.75) is 0 Å². The molecule has 2 rings (SSSR count). The van der Waals surface area contributed by atoms with E-state index in [1.807, 2.05) is 0 Å². The molecule has 1 aromatic rings. The zero-order valence-electron chi connectivity index (χ0n) is 11.4. The maximum absolute atomic E-state index is 10.9. The summed E-state index contributed by atoms with van der Waals surface area (Å²) in [5.41, 5.74) is 0.879. The van der Waals surface area contributed by atoms with Crippen molar-refractivity contribution < 1.29 is 19.1 Å². The minimum atomic E-state index is -0.424. The number of rotatable bonds is 6. The van der Waals surface area contributed by atoms with Crippen LogP contribution in [0.5, 0.6) is 5.75 Å². The number of methoxy groups -OCH3 is 1. The molecule has 0 radical (unpaired) electrons. The largest absolute Gasteiger partial charge is 0.489 e. The highest BCUT2D eigenvalue weighted by molar-refractivity contribution is 5.62. The summed E-state index contributed by atoms with van der Waals surface area (Å²) in [6, 6.07) is 4.68. The zero-order valence-corrected chi connectivity index (χ0v) is 11.4. The predicted molar refractivity (Wildman–Crippen MR) is 73.5 cm³/mol. The quantitative estimate of drug-likeness (QED) is 0.447. The summed E-state index contributed by atoms with van der Waals surface area (Å²) in [6.45, 7) is 3.58. The summed E-state index contributed by atoms with van der Waals surface area (Å²) in [6.07, 6.45) is 0. The van der Waals surface area contributed by atoms with Gasteiger partial charge in [-0.1, -0.05) is 0 Å². The van der Waals surface area contributed by atoms with Gasteiger partial charge in [0.2, 0.25) is 0 Å². The number of nitro benzene ring substituents is 1. The number of anilines is 1. The van der Waals surface area contributed by atoms with Gasteiger partial charge in [-0.15, -0.1) is 0 Å². The summed E-state index contributed by atoms with van der Waals surface area (Å²) >= 11 is 0. The van der Waals surface area contributed by atoms with E-state index in [2.05, 4.69) is 4.90 Å². The van der Waals surface area contributed by atoms with E-state index in [9.17, 15) is 10.1 Å². The van der Waals surface area contributed by atoms with Crippen molar-refractivity contribution in [3.8, 4) is 5.75 Å². The van der Waals surface area contributed by atoms with Crippen molar-refractivity contribution >= 4 is 11.4 Å². The van der Waals surface area contributed by atoms with Crippen molar-refractivity contribution in [3.63, 3.8) is 0 Å². The van der Waals surface area contributed by atoms with E-state index in [4.69, 9.17) is 14.2 Å².